The third-order valence-electron chi connectivity index (χ3n) is 0. The molecule has 0 aliphatic rings. The SMILES string of the molecule is F[B-](F)(F)F.[H+].[SrH2]. The molecule has 0 aliphatic carbocycles. The molecular weight excluding hydrogens is 174 g/mol. The Morgan fingerprint density at radius 2 is 1.00 bits per heavy atom. The third-order valence-corrected chi connectivity index (χ3v) is 0. The van der Waals surface area contributed by atoms with Crippen LogP contribution in [-0.2, 0) is 0 Å². The second-order valence-corrected chi connectivity index (χ2v) is 0.495. The first-order chi connectivity index (χ1) is 2.00. The number of halogens is 4. The van der Waals surface area contributed by atoms with E-state index < -0.39 is 7.25 Å². The van der Waals surface area contributed by atoms with Crippen LogP contribution in [0.2, 0.25) is 0 Å². The van der Waals surface area contributed by atoms with Crippen LogP contribution in [0.15, 0.2) is 0 Å². The maximum atomic E-state index is 9.75. The predicted molar refractivity (Wildman–Crippen MR) is 19.8 cm³/mol. The Labute approximate surface area is 70.8 Å². The van der Waals surface area contributed by atoms with E-state index in [2.05, 4.69) is 0 Å². The van der Waals surface area contributed by atoms with Crippen LogP contribution >= 0.6 is 0 Å². The average molecular weight is 177 g/mol. The molecule has 6 heteroatoms. The van der Waals surface area contributed by atoms with Gasteiger partial charge >= 0.3 is 54.2 Å². The summed E-state index contributed by atoms with van der Waals surface area (Å²) in [5, 5.41) is 0. The Kier molecular flexibility index (Phi) is 5.64. The minimum absolute atomic E-state index is 0. The van der Waals surface area contributed by atoms with Gasteiger partial charge in [0.15, 0.2) is 0 Å². The van der Waals surface area contributed by atoms with E-state index in [4.69, 9.17) is 0 Å². The van der Waals surface area contributed by atoms with Gasteiger partial charge in [0.05, 0.1) is 0 Å². The molecular formula is H3BF4Sr. The van der Waals surface area contributed by atoms with Gasteiger partial charge in [0, 0.05) is 0 Å². The topological polar surface area (TPSA) is 0 Å². The van der Waals surface area contributed by atoms with Gasteiger partial charge in [0.1, 0.15) is 0 Å². The standard InChI is InChI=1S/BF4.Sr.2H/c2-1(3,4)5;;;/q-1;;;/p+1. The summed E-state index contributed by atoms with van der Waals surface area (Å²) >= 11 is 0. The molecule has 0 unspecified atom stereocenters. The molecule has 0 atom stereocenters. The summed E-state index contributed by atoms with van der Waals surface area (Å²) in [6.07, 6.45) is 0. The van der Waals surface area contributed by atoms with Gasteiger partial charge in [-0.2, -0.15) is 0 Å². The van der Waals surface area contributed by atoms with Crippen molar-refractivity contribution in [1.82, 2.24) is 0 Å². The fourth-order valence-electron chi connectivity index (χ4n) is 0. The van der Waals surface area contributed by atoms with Crippen LogP contribution in [0.5, 0.6) is 0 Å². The predicted octanol–water partition coefficient (Wildman–Crippen LogP) is 0.496. The van der Waals surface area contributed by atoms with E-state index in [9.17, 15) is 17.3 Å². The molecule has 0 bridgehead atoms. The van der Waals surface area contributed by atoms with Crippen molar-refractivity contribution in [2.24, 2.45) is 0 Å². The molecule has 0 saturated heterocycles. The van der Waals surface area contributed by atoms with Crippen molar-refractivity contribution in [2.75, 3.05) is 0 Å². The minimum atomic E-state index is -6.00. The van der Waals surface area contributed by atoms with Crippen LogP contribution in [0.25, 0.3) is 0 Å². The zero-order valence-electron chi connectivity index (χ0n) is 3.09. The van der Waals surface area contributed by atoms with E-state index in [1.165, 1.54) is 0 Å². The average Bonchev–Trinajstić information content (AvgIpc) is 0.722. The van der Waals surface area contributed by atoms with Crippen LogP contribution in [0, 0.1) is 0 Å². The molecule has 0 aromatic rings. The van der Waals surface area contributed by atoms with Gasteiger partial charge in [0.25, 0.3) is 0 Å². The summed E-state index contributed by atoms with van der Waals surface area (Å²) in [6, 6.07) is 0. The molecule has 0 heterocycles. The molecule has 0 aromatic heterocycles. The second-order valence-electron chi connectivity index (χ2n) is 0.495. The summed E-state index contributed by atoms with van der Waals surface area (Å²) in [6.45, 7) is 0. The Bertz CT molecular complexity index is 27.2. The molecule has 0 nitrogen and oxygen atoms in total. The van der Waals surface area contributed by atoms with Crippen molar-refractivity contribution in [3.63, 3.8) is 0 Å². The van der Waals surface area contributed by atoms with E-state index in [1.54, 1.807) is 0 Å². The van der Waals surface area contributed by atoms with Crippen LogP contribution in [0.3, 0.4) is 0 Å². The van der Waals surface area contributed by atoms with E-state index in [-0.39, 0.29) is 46.9 Å². The summed E-state index contributed by atoms with van der Waals surface area (Å²) in [5.74, 6) is 0. The van der Waals surface area contributed by atoms with Crippen molar-refractivity contribution < 1.29 is 18.7 Å². The molecule has 0 spiro atoms. The molecule has 36 valence electrons. The molecule has 0 radical (unpaired) electrons. The first-order valence-corrected chi connectivity index (χ1v) is 0.873. The van der Waals surface area contributed by atoms with Crippen LogP contribution < -0.4 is 0 Å². The fraction of sp³-hybridized carbons (Fsp3) is 0. The monoisotopic (exact) mass is 178 g/mol. The Balaban J connectivity index is -0.0000000800. The first kappa shape index (κ1) is 10.3. The van der Waals surface area contributed by atoms with Crippen LogP contribution in [0.4, 0.5) is 17.3 Å². The van der Waals surface area contributed by atoms with Gasteiger partial charge in [-0.25, -0.2) is 0 Å². The summed E-state index contributed by atoms with van der Waals surface area (Å²) in [7, 11) is -6.00. The van der Waals surface area contributed by atoms with E-state index in [0.29, 0.717) is 0 Å². The zero-order chi connectivity index (χ0) is 4.50. The van der Waals surface area contributed by atoms with E-state index in [0.717, 1.165) is 0 Å². The normalized spacial score (nSPS) is 10.0. The second kappa shape index (κ2) is 3.29. The van der Waals surface area contributed by atoms with Crippen molar-refractivity contribution in [1.29, 1.82) is 0 Å². The van der Waals surface area contributed by atoms with Gasteiger partial charge < -0.3 is 17.3 Å². The maximum absolute atomic E-state index is 9.75. The molecule has 0 saturated carbocycles. The molecule has 0 N–H and O–H groups in total. The van der Waals surface area contributed by atoms with Crippen LogP contribution in [0.1, 0.15) is 1.43 Å². The Hall–Kier alpha value is 1.27. The van der Waals surface area contributed by atoms with Crippen molar-refractivity contribution in [3.8, 4) is 0 Å². The molecule has 0 fully saturated rings. The summed E-state index contributed by atoms with van der Waals surface area (Å²) in [4.78, 5) is 0. The number of hydrogen-bond acceptors (Lipinski definition) is 0. The van der Waals surface area contributed by atoms with Gasteiger partial charge in [0.2, 0.25) is 0 Å². The number of hydrogen-bond donors (Lipinski definition) is 0. The van der Waals surface area contributed by atoms with Gasteiger partial charge in [-0.05, 0) is 0 Å². The van der Waals surface area contributed by atoms with Crippen molar-refractivity contribution in [2.45, 2.75) is 0 Å². The van der Waals surface area contributed by atoms with Gasteiger partial charge in [-0.1, -0.05) is 0 Å². The van der Waals surface area contributed by atoms with E-state index in [1.807, 2.05) is 0 Å². The summed E-state index contributed by atoms with van der Waals surface area (Å²) < 4.78 is 39.0. The zero-order valence-corrected chi connectivity index (χ0v) is 2.09. The van der Waals surface area contributed by atoms with Crippen molar-refractivity contribution in [3.05, 3.63) is 0 Å². The fourth-order valence-corrected chi connectivity index (χ4v) is 0. The molecule has 6 heavy (non-hydrogen) atoms. The molecule has 0 rings (SSSR count). The van der Waals surface area contributed by atoms with E-state index >= 15 is 0 Å². The van der Waals surface area contributed by atoms with Crippen molar-refractivity contribution >= 4 is 52.7 Å². The third kappa shape index (κ3) is 59.8. The summed E-state index contributed by atoms with van der Waals surface area (Å²) in [5.41, 5.74) is 0. The first-order valence-electron chi connectivity index (χ1n) is 0.873. The van der Waals surface area contributed by atoms with Crippen LogP contribution in [-0.4, -0.2) is 52.7 Å². The molecule has 0 amide bonds. The number of rotatable bonds is 0. The van der Waals surface area contributed by atoms with Gasteiger partial charge in [-0.15, -0.1) is 0 Å². The molecule has 0 aromatic carbocycles. The quantitative estimate of drug-likeness (QED) is 0.373. The van der Waals surface area contributed by atoms with Gasteiger partial charge in [-0.3, -0.25) is 0 Å². The molecule has 0 aliphatic heterocycles. The Morgan fingerprint density at radius 1 is 1.00 bits per heavy atom. The Morgan fingerprint density at radius 3 is 1.00 bits per heavy atom.